The lowest BCUT2D eigenvalue weighted by Crippen LogP contribution is -2.34. The van der Waals surface area contributed by atoms with E-state index in [1.165, 1.54) is 0 Å². The second-order valence-electron chi connectivity index (χ2n) is 5.71. The van der Waals surface area contributed by atoms with Crippen LogP contribution in [0.3, 0.4) is 0 Å². The maximum absolute atomic E-state index is 11.6. The molecule has 0 heterocycles. The third-order valence-corrected chi connectivity index (χ3v) is 2.65. The molecule has 106 valence electrons. The lowest BCUT2D eigenvalue weighted by Gasteiger charge is -2.22. The second-order valence-corrected chi connectivity index (χ2v) is 5.71. The van der Waals surface area contributed by atoms with Crippen LogP contribution in [0.15, 0.2) is 24.3 Å². The zero-order valence-corrected chi connectivity index (χ0v) is 12.2. The Morgan fingerprint density at radius 1 is 1.16 bits per heavy atom. The van der Waals surface area contributed by atoms with Gasteiger partial charge in [0.1, 0.15) is 5.60 Å². The number of amides is 1. The van der Waals surface area contributed by atoms with E-state index >= 15 is 0 Å². The molecule has 0 unspecified atom stereocenters. The molecule has 0 aromatic heterocycles. The Hall–Kier alpha value is -1.55. The van der Waals surface area contributed by atoms with Crippen molar-refractivity contribution in [3.05, 3.63) is 35.4 Å². The van der Waals surface area contributed by atoms with E-state index in [0.717, 1.165) is 11.1 Å². The molecule has 4 heteroatoms. The van der Waals surface area contributed by atoms with Crippen LogP contribution in [0.4, 0.5) is 4.79 Å². The number of aliphatic hydroxyl groups is 1. The van der Waals surface area contributed by atoms with Gasteiger partial charge in [-0.3, -0.25) is 0 Å². The zero-order chi connectivity index (χ0) is 14.6. The standard InChI is InChI=1S/C15H23NO3/c1-10(16-14(18)19-15(3,4)5)12-6-8-13(9-7-12)11(2)17/h6-11,17H,1-5H3,(H,16,18)/t10-,11-/m0/s1. The quantitative estimate of drug-likeness (QED) is 0.881. The highest BCUT2D eigenvalue weighted by atomic mass is 16.6. The number of rotatable bonds is 3. The summed E-state index contributed by atoms with van der Waals surface area (Å²) in [5, 5.41) is 12.2. The molecule has 0 fully saturated rings. The average molecular weight is 265 g/mol. The number of ether oxygens (including phenoxy) is 1. The molecule has 1 aromatic rings. The molecule has 1 rings (SSSR count). The molecule has 0 saturated carbocycles. The predicted molar refractivity (Wildman–Crippen MR) is 74.9 cm³/mol. The van der Waals surface area contributed by atoms with Crippen LogP contribution in [0, 0.1) is 0 Å². The molecule has 1 amide bonds. The first kappa shape index (κ1) is 15.5. The van der Waals surface area contributed by atoms with Gasteiger partial charge < -0.3 is 15.2 Å². The van der Waals surface area contributed by atoms with Gasteiger partial charge in [0.15, 0.2) is 0 Å². The highest BCUT2D eigenvalue weighted by molar-refractivity contribution is 5.68. The van der Waals surface area contributed by atoms with Crippen molar-refractivity contribution in [2.45, 2.75) is 52.4 Å². The lowest BCUT2D eigenvalue weighted by atomic mass is 10.0. The Balaban J connectivity index is 2.63. The monoisotopic (exact) mass is 265 g/mol. The Morgan fingerprint density at radius 2 is 1.63 bits per heavy atom. The molecule has 2 N–H and O–H groups in total. The lowest BCUT2D eigenvalue weighted by molar-refractivity contribution is 0.0508. The number of carbonyl (C=O) groups excluding carboxylic acids is 1. The first-order valence-corrected chi connectivity index (χ1v) is 6.46. The van der Waals surface area contributed by atoms with Crippen molar-refractivity contribution in [1.29, 1.82) is 0 Å². The SMILES string of the molecule is C[C@H](O)c1ccc([C@H](C)NC(=O)OC(C)(C)C)cc1. The molecular formula is C15H23NO3. The summed E-state index contributed by atoms with van der Waals surface area (Å²) in [7, 11) is 0. The van der Waals surface area contributed by atoms with E-state index in [-0.39, 0.29) is 6.04 Å². The maximum Gasteiger partial charge on any atom is 0.408 e. The maximum atomic E-state index is 11.6. The van der Waals surface area contributed by atoms with E-state index in [1.807, 2.05) is 52.0 Å². The van der Waals surface area contributed by atoms with E-state index in [4.69, 9.17) is 4.74 Å². The van der Waals surface area contributed by atoms with Gasteiger partial charge in [0.2, 0.25) is 0 Å². The van der Waals surface area contributed by atoms with Gasteiger partial charge in [-0.05, 0) is 45.7 Å². The summed E-state index contributed by atoms with van der Waals surface area (Å²) in [6, 6.07) is 7.35. The molecule has 4 nitrogen and oxygen atoms in total. The van der Waals surface area contributed by atoms with Crippen LogP contribution in [0.2, 0.25) is 0 Å². The van der Waals surface area contributed by atoms with Gasteiger partial charge in [-0.15, -0.1) is 0 Å². The van der Waals surface area contributed by atoms with Crippen LogP contribution in [0.5, 0.6) is 0 Å². The number of benzene rings is 1. The second kappa shape index (κ2) is 6.06. The summed E-state index contributed by atoms with van der Waals surface area (Å²) < 4.78 is 5.20. The van der Waals surface area contributed by atoms with Crippen molar-refractivity contribution < 1.29 is 14.6 Å². The van der Waals surface area contributed by atoms with Crippen LogP contribution in [-0.2, 0) is 4.74 Å². The van der Waals surface area contributed by atoms with Gasteiger partial charge in [0.05, 0.1) is 12.1 Å². The molecule has 0 aliphatic rings. The summed E-state index contributed by atoms with van der Waals surface area (Å²) in [4.78, 5) is 11.6. The van der Waals surface area contributed by atoms with Gasteiger partial charge in [0, 0.05) is 0 Å². The normalized spacial score (nSPS) is 14.6. The van der Waals surface area contributed by atoms with Crippen molar-refractivity contribution in [2.75, 3.05) is 0 Å². The first-order chi connectivity index (χ1) is 8.69. The van der Waals surface area contributed by atoms with Crippen LogP contribution < -0.4 is 5.32 Å². The third-order valence-electron chi connectivity index (χ3n) is 2.65. The van der Waals surface area contributed by atoms with Crippen LogP contribution in [0.1, 0.15) is 57.9 Å². The van der Waals surface area contributed by atoms with E-state index in [1.54, 1.807) is 6.92 Å². The molecule has 0 aliphatic heterocycles. The van der Waals surface area contributed by atoms with Gasteiger partial charge >= 0.3 is 6.09 Å². The molecular weight excluding hydrogens is 242 g/mol. The fourth-order valence-corrected chi connectivity index (χ4v) is 1.63. The van der Waals surface area contributed by atoms with E-state index in [9.17, 15) is 9.90 Å². The highest BCUT2D eigenvalue weighted by Gasteiger charge is 2.18. The molecule has 2 atom stereocenters. The summed E-state index contributed by atoms with van der Waals surface area (Å²) in [6.45, 7) is 9.09. The molecule has 0 spiro atoms. The smallest absolute Gasteiger partial charge is 0.408 e. The van der Waals surface area contributed by atoms with Crippen molar-refractivity contribution >= 4 is 6.09 Å². The van der Waals surface area contributed by atoms with Crippen LogP contribution in [-0.4, -0.2) is 16.8 Å². The Kier molecular flexibility index (Phi) is 4.95. The molecule has 1 aromatic carbocycles. The summed E-state index contributed by atoms with van der Waals surface area (Å²) in [5.41, 5.74) is 1.32. The fourth-order valence-electron chi connectivity index (χ4n) is 1.63. The van der Waals surface area contributed by atoms with Crippen molar-refractivity contribution in [2.24, 2.45) is 0 Å². The number of nitrogens with one attached hydrogen (secondary N) is 1. The van der Waals surface area contributed by atoms with Gasteiger partial charge in [0.25, 0.3) is 0 Å². The van der Waals surface area contributed by atoms with E-state index < -0.39 is 17.8 Å². The van der Waals surface area contributed by atoms with Crippen LogP contribution in [0.25, 0.3) is 0 Å². The number of alkyl carbamates (subject to hydrolysis) is 1. The number of hydrogen-bond acceptors (Lipinski definition) is 3. The van der Waals surface area contributed by atoms with Crippen molar-refractivity contribution in [1.82, 2.24) is 5.32 Å². The minimum absolute atomic E-state index is 0.141. The largest absolute Gasteiger partial charge is 0.444 e. The molecule has 0 aliphatic carbocycles. The first-order valence-electron chi connectivity index (χ1n) is 6.46. The molecule has 19 heavy (non-hydrogen) atoms. The summed E-state index contributed by atoms with van der Waals surface area (Å²) >= 11 is 0. The topological polar surface area (TPSA) is 58.6 Å². The number of carbonyl (C=O) groups is 1. The van der Waals surface area contributed by atoms with Gasteiger partial charge in [-0.25, -0.2) is 4.79 Å². The third kappa shape index (κ3) is 5.30. The Bertz CT molecular complexity index is 418. The van der Waals surface area contributed by atoms with Gasteiger partial charge in [-0.2, -0.15) is 0 Å². The number of aliphatic hydroxyl groups excluding tert-OH is 1. The van der Waals surface area contributed by atoms with Crippen LogP contribution >= 0.6 is 0 Å². The average Bonchev–Trinajstić information content (AvgIpc) is 2.26. The number of hydrogen-bond donors (Lipinski definition) is 2. The summed E-state index contributed by atoms with van der Waals surface area (Å²) in [5.74, 6) is 0. The van der Waals surface area contributed by atoms with Crippen molar-refractivity contribution in [3.63, 3.8) is 0 Å². The van der Waals surface area contributed by atoms with Crippen molar-refractivity contribution in [3.8, 4) is 0 Å². The van der Waals surface area contributed by atoms with E-state index in [0.29, 0.717) is 0 Å². The minimum atomic E-state index is -0.500. The molecule has 0 saturated heterocycles. The van der Waals surface area contributed by atoms with Gasteiger partial charge in [-0.1, -0.05) is 24.3 Å². The summed E-state index contributed by atoms with van der Waals surface area (Å²) in [6.07, 6.45) is -0.914. The van der Waals surface area contributed by atoms with E-state index in [2.05, 4.69) is 5.32 Å². The Labute approximate surface area is 114 Å². The molecule has 0 bridgehead atoms. The predicted octanol–water partition coefficient (Wildman–Crippen LogP) is 3.33. The fraction of sp³-hybridized carbons (Fsp3) is 0.533. The highest BCUT2D eigenvalue weighted by Crippen LogP contribution is 2.18. The Morgan fingerprint density at radius 3 is 2.05 bits per heavy atom. The zero-order valence-electron chi connectivity index (χ0n) is 12.2. The molecule has 0 radical (unpaired) electrons. The minimum Gasteiger partial charge on any atom is -0.444 e.